The summed E-state index contributed by atoms with van der Waals surface area (Å²) >= 11 is 0. The number of amidine groups is 1. The second kappa shape index (κ2) is 6.41. The Morgan fingerprint density at radius 2 is 1.62 bits per heavy atom. The molecule has 2 aromatic rings. The highest BCUT2D eigenvalue weighted by molar-refractivity contribution is 7.91. The summed E-state index contributed by atoms with van der Waals surface area (Å²) in [6.45, 7) is 0. The van der Waals surface area contributed by atoms with Crippen molar-refractivity contribution in [2.24, 2.45) is 5.73 Å². The SMILES string of the molecule is N=C(N)Cc1ccc(NS(=O)(=O)Cc2ccccc2)cc1. The van der Waals surface area contributed by atoms with E-state index in [1.54, 1.807) is 48.5 Å². The molecule has 4 N–H and O–H groups in total. The van der Waals surface area contributed by atoms with Crippen molar-refractivity contribution in [2.75, 3.05) is 4.72 Å². The van der Waals surface area contributed by atoms with Crippen molar-refractivity contribution >= 4 is 21.5 Å². The number of hydrogen-bond donors (Lipinski definition) is 3. The molecule has 0 fully saturated rings. The molecule has 0 radical (unpaired) electrons. The Kier molecular flexibility index (Phi) is 4.59. The first-order valence-electron chi connectivity index (χ1n) is 6.41. The van der Waals surface area contributed by atoms with Crippen LogP contribution in [0, 0.1) is 5.41 Å². The van der Waals surface area contributed by atoms with E-state index in [0.29, 0.717) is 12.1 Å². The van der Waals surface area contributed by atoms with Gasteiger partial charge in [0.2, 0.25) is 10.0 Å². The minimum Gasteiger partial charge on any atom is -0.387 e. The molecule has 2 rings (SSSR count). The highest BCUT2D eigenvalue weighted by atomic mass is 32.2. The van der Waals surface area contributed by atoms with Gasteiger partial charge in [-0.05, 0) is 23.3 Å². The number of benzene rings is 2. The van der Waals surface area contributed by atoms with E-state index in [2.05, 4.69) is 4.72 Å². The lowest BCUT2D eigenvalue weighted by Crippen LogP contribution is -2.15. The van der Waals surface area contributed by atoms with E-state index in [4.69, 9.17) is 11.1 Å². The predicted molar refractivity (Wildman–Crippen MR) is 84.7 cm³/mol. The van der Waals surface area contributed by atoms with Crippen molar-refractivity contribution in [2.45, 2.75) is 12.2 Å². The molecule has 0 bridgehead atoms. The van der Waals surface area contributed by atoms with Gasteiger partial charge in [-0.2, -0.15) is 0 Å². The Balaban J connectivity index is 2.05. The first kappa shape index (κ1) is 15.1. The number of anilines is 1. The number of nitrogens with one attached hydrogen (secondary N) is 2. The van der Waals surface area contributed by atoms with E-state index in [0.717, 1.165) is 11.1 Å². The topological polar surface area (TPSA) is 96.0 Å². The Morgan fingerprint density at radius 3 is 2.19 bits per heavy atom. The molecule has 0 saturated heterocycles. The van der Waals surface area contributed by atoms with Crippen LogP contribution in [0.2, 0.25) is 0 Å². The van der Waals surface area contributed by atoms with Crippen molar-refractivity contribution in [3.63, 3.8) is 0 Å². The minimum atomic E-state index is -3.44. The molecule has 0 saturated carbocycles. The van der Waals surface area contributed by atoms with Crippen molar-refractivity contribution in [3.05, 3.63) is 65.7 Å². The normalized spacial score (nSPS) is 11.0. The van der Waals surface area contributed by atoms with Crippen LogP contribution in [0.1, 0.15) is 11.1 Å². The molecule has 0 aliphatic heterocycles. The van der Waals surface area contributed by atoms with Gasteiger partial charge in [0.05, 0.1) is 11.6 Å². The molecule has 0 unspecified atom stereocenters. The summed E-state index contributed by atoms with van der Waals surface area (Å²) in [5, 5.41) is 7.22. The van der Waals surface area contributed by atoms with E-state index < -0.39 is 10.0 Å². The summed E-state index contributed by atoms with van der Waals surface area (Å²) in [7, 11) is -3.44. The molecule has 2 aromatic carbocycles. The summed E-state index contributed by atoms with van der Waals surface area (Å²) in [4.78, 5) is 0. The average Bonchev–Trinajstić information content (AvgIpc) is 2.40. The van der Waals surface area contributed by atoms with Gasteiger partial charge in [-0.25, -0.2) is 8.42 Å². The minimum absolute atomic E-state index is 0.0664. The fourth-order valence-corrected chi connectivity index (χ4v) is 3.12. The summed E-state index contributed by atoms with van der Waals surface area (Å²) in [6, 6.07) is 15.8. The fourth-order valence-electron chi connectivity index (χ4n) is 1.92. The summed E-state index contributed by atoms with van der Waals surface area (Å²) in [6.07, 6.45) is 0.358. The van der Waals surface area contributed by atoms with Crippen LogP contribution in [0.5, 0.6) is 0 Å². The molecule has 0 aliphatic carbocycles. The maximum atomic E-state index is 12.1. The Hall–Kier alpha value is -2.34. The van der Waals surface area contributed by atoms with E-state index in [1.807, 2.05) is 6.07 Å². The highest BCUT2D eigenvalue weighted by Crippen LogP contribution is 2.14. The van der Waals surface area contributed by atoms with Crippen LogP contribution >= 0.6 is 0 Å². The van der Waals surface area contributed by atoms with Gasteiger partial charge < -0.3 is 5.73 Å². The smallest absolute Gasteiger partial charge is 0.236 e. The second-order valence-corrected chi connectivity index (χ2v) is 6.47. The quantitative estimate of drug-likeness (QED) is 0.563. The molecule has 0 heterocycles. The summed E-state index contributed by atoms with van der Waals surface area (Å²) < 4.78 is 26.7. The van der Waals surface area contributed by atoms with Crippen LogP contribution in [0.15, 0.2) is 54.6 Å². The van der Waals surface area contributed by atoms with E-state index in [9.17, 15) is 8.42 Å². The number of nitrogens with two attached hydrogens (primary N) is 1. The van der Waals surface area contributed by atoms with Gasteiger partial charge >= 0.3 is 0 Å². The Morgan fingerprint density at radius 1 is 1.00 bits per heavy atom. The lowest BCUT2D eigenvalue weighted by molar-refractivity contribution is 0.600. The standard InChI is InChI=1S/C15H17N3O2S/c16-15(17)10-12-6-8-14(9-7-12)18-21(19,20)11-13-4-2-1-3-5-13/h1-9,18H,10-11H2,(H3,16,17). The maximum absolute atomic E-state index is 12.1. The third kappa shape index (κ3) is 4.92. The monoisotopic (exact) mass is 303 g/mol. The van der Waals surface area contributed by atoms with Gasteiger partial charge in [-0.3, -0.25) is 10.1 Å². The first-order chi connectivity index (χ1) is 9.94. The van der Waals surface area contributed by atoms with E-state index >= 15 is 0 Å². The number of rotatable bonds is 6. The van der Waals surface area contributed by atoms with Gasteiger partial charge in [0.1, 0.15) is 0 Å². The molecule has 6 heteroatoms. The predicted octanol–water partition coefficient (Wildman–Crippen LogP) is 2.11. The second-order valence-electron chi connectivity index (χ2n) is 4.75. The molecule has 0 amide bonds. The van der Waals surface area contributed by atoms with Crippen LogP contribution in [-0.4, -0.2) is 14.3 Å². The van der Waals surface area contributed by atoms with Gasteiger partial charge in [-0.15, -0.1) is 0 Å². The molecule has 0 spiro atoms. The third-order valence-electron chi connectivity index (χ3n) is 2.82. The van der Waals surface area contributed by atoms with Crippen molar-refractivity contribution in [1.82, 2.24) is 0 Å². The average molecular weight is 303 g/mol. The molecular formula is C15H17N3O2S. The number of sulfonamides is 1. The van der Waals surface area contributed by atoms with Gasteiger partial charge in [0.15, 0.2) is 0 Å². The third-order valence-corrected chi connectivity index (χ3v) is 4.08. The zero-order valence-corrected chi connectivity index (χ0v) is 12.2. The fraction of sp³-hybridized carbons (Fsp3) is 0.133. The van der Waals surface area contributed by atoms with E-state index in [-0.39, 0.29) is 11.6 Å². The number of hydrogen-bond acceptors (Lipinski definition) is 3. The lowest BCUT2D eigenvalue weighted by atomic mass is 10.1. The summed E-state index contributed by atoms with van der Waals surface area (Å²) in [5.74, 6) is 0.00987. The lowest BCUT2D eigenvalue weighted by Gasteiger charge is -2.09. The zero-order chi connectivity index (χ0) is 15.3. The largest absolute Gasteiger partial charge is 0.387 e. The van der Waals surface area contributed by atoms with Crippen LogP contribution < -0.4 is 10.5 Å². The van der Waals surface area contributed by atoms with Gasteiger partial charge in [0.25, 0.3) is 0 Å². The van der Waals surface area contributed by atoms with Crippen LogP contribution in [-0.2, 0) is 22.2 Å². The van der Waals surface area contributed by atoms with Crippen LogP contribution in [0.25, 0.3) is 0 Å². The molecule has 5 nitrogen and oxygen atoms in total. The first-order valence-corrected chi connectivity index (χ1v) is 8.06. The van der Waals surface area contributed by atoms with Gasteiger partial charge in [-0.1, -0.05) is 42.5 Å². The molecule has 0 aliphatic rings. The van der Waals surface area contributed by atoms with Crippen LogP contribution in [0.4, 0.5) is 5.69 Å². The zero-order valence-electron chi connectivity index (χ0n) is 11.4. The molecule has 21 heavy (non-hydrogen) atoms. The highest BCUT2D eigenvalue weighted by Gasteiger charge is 2.11. The maximum Gasteiger partial charge on any atom is 0.236 e. The van der Waals surface area contributed by atoms with Crippen molar-refractivity contribution in [1.29, 1.82) is 5.41 Å². The molecule has 0 aromatic heterocycles. The molecule has 110 valence electrons. The Labute approximate surface area is 124 Å². The van der Waals surface area contributed by atoms with Crippen molar-refractivity contribution in [3.8, 4) is 0 Å². The van der Waals surface area contributed by atoms with Crippen molar-refractivity contribution < 1.29 is 8.42 Å². The summed E-state index contributed by atoms with van der Waals surface area (Å²) in [5.41, 5.74) is 7.42. The van der Waals surface area contributed by atoms with Crippen LogP contribution in [0.3, 0.4) is 0 Å². The Bertz CT molecular complexity index is 710. The molecule has 0 atom stereocenters. The molecular weight excluding hydrogens is 286 g/mol. The van der Waals surface area contributed by atoms with E-state index in [1.165, 1.54) is 0 Å². The van der Waals surface area contributed by atoms with Gasteiger partial charge in [0, 0.05) is 12.1 Å².